The Kier molecular flexibility index (Phi) is 2.91. The number of hydrogen-bond donors (Lipinski definition) is 1. The molecule has 1 aromatic heterocycles. The Hall–Kier alpha value is -2.16. The summed E-state index contributed by atoms with van der Waals surface area (Å²) in [5.74, 6) is -0.163. The quantitative estimate of drug-likeness (QED) is 0.800. The molecule has 0 bridgehead atoms. The number of aryl methyl sites for hydroxylation is 1. The molecular weight excluding hydrogens is 212 g/mol. The fourth-order valence-electron chi connectivity index (χ4n) is 1.54. The highest BCUT2D eigenvalue weighted by Crippen LogP contribution is 2.18. The molecule has 1 amide bonds. The van der Waals surface area contributed by atoms with Gasteiger partial charge >= 0.3 is 0 Å². The summed E-state index contributed by atoms with van der Waals surface area (Å²) in [6.45, 7) is 7.24. The van der Waals surface area contributed by atoms with Gasteiger partial charge in [-0.1, -0.05) is 12.6 Å². The van der Waals surface area contributed by atoms with Crippen molar-refractivity contribution in [2.24, 2.45) is 0 Å². The maximum absolute atomic E-state index is 11.5. The van der Waals surface area contributed by atoms with Crippen molar-refractivity contribution in [2.45, 2.75) is 13.8 Å². The first kappa shape index (κ1) is 11.3. The van der Waals surface area contributed by atoms with E-state index in [0.717, 1.165) is 22.3 Å². The second-order valence-corrected chi connectivity index (χ2v) is 4.09. The fourth-order valence-corrected chi connectivity index (χ4v) is 1.54. The van der Waals surface area contributed by atoms with Crippen LogP contribution in [-0.2, 0) is 4.79 Å². The second kappa shape index (κ2) is 4.37. The predicted octanol–water partition coefficient (Wildman–Crippen LogP) is 3.06. The van der Waals surface area contributed by atoms with Gasteiger partial charge in [-0.3, -0.25) is 9.78 Å². The number of fused-ring (bicyclic) bond motifs is 1. The zero-order valence-electron chi connectivity index (χ0n) is 9.95. The van der Waals surface area contributed by atoms with E-state index in [2.05, 4.69) is 16.9 Å². The highest BCUT2D eigenvalue weighted by atomic mass is 16.1. The van der Waals surface area contributed by atoms with Crippen LogP contribution in [-0.4, -0.2) is 10.9 Å². The van der Waals surface area contributed by atoms with E-state index in [1.165, 1.54) is 0 Å². The molecule has 0 aliphatic carbocycles. The third-order valence-electron chi connectivity index (χ3n) is 2.47. The van der Waals surface area contributed by atoms with E-state index < -0.39 is 0 Å². The monoisotopic (exact) mass is 226 g/mol. The molecular formula is C14H14N2O. The molecule has 2 rings (SSSR count). The zero-order chi connectivity index (χ0) is 12.4. The van der Waals surface area contributed by atoms with Gasteiger partial charge in [0.25, 0.3) is 5.91 Å². The summed E-state index contributed by atoms with van der Waals surface area (Å²) in [6.07, 6.45) is 0. The minimum absolute atomic E-state index is 0.163. The Morgan fingerprint density at radius 2 is 2.06 bits per heavy atom. The summed E-state index contributed by atoms with van der Waals surface area (Å²) in [5.41, 5.74) is 3.16. The van der Waals surface area contributed by atoms with Gasteiger partial charge in [-0.2, -0.15) is 0 Å². The number of benzene rings is 1. The summed E-state index contributed by atoms with van der Waals surface area (Å²) in [6, 6.07) is 9.59. The number of pyridine rings is 1. The summed E-state index contributed by atoms with van der Waals surface area (Å²) >= 11 is 0. The van der Waals surface area contributed by atoms with Crippen LogP contribution in [0.15, 0.2) is 42.5 Å². The summed E-state index contributed by atoms with van der Waals surface area (Å²) < 4.78 is 0. The van der Waals surface area contributed by atoms with Gasteiger partial charge in [0.1, 0.15) is 0 Å². The summed E-state index contributed by atoms with van der Waals surface area (Å²) in [7, 11) is 0. The highest BCUT2D eigenvalue weighted by molar-refractivity contribution is 6.03. The molecule has 2 aromatic rings. The number of anilines is 1. The van der Waals surface area contributed by atoms with Crippen LogP contribution in [0.2, 0.25) is 0 Å². The van der Waals surface area contributed by atoms with Crippen LogP contribution >= 0.6 is 0 Å². The van der Waals surface area contributed by atoms with E-state index in [9.17, 15) is 4.79 Å². The molecule has 0 unspecified atom stereocenters. The number of nitrogens with one attached hydrogen (secondary N) is 1. The van der Waals surface area contributed by atoms with Gasteiger partial charge in [-0.05, 0) is 38.1 Å². The van der Waals surface area contributed by atoms with E-state index in [1.807, 2.05) is 37.3 Å². The summed E-state index contributed by atoms with van der Waals surface area (Å²) in [5, 5.41) is 3.79. The van der Waals surface area contributed by atoms with Gasteiger partial charge in [0.05, 0.1) is 5.52 Å². The summed E-state index contributed by atoms with van der Waals surface area (Å²) in [4.78, 5) is 15.9. The predicted molar refractivity (Wildman–Crippen MR) is 69.9 cm³/mol. The lowest BCUT2D eigenvalue weighted by Gasteiger charge is -2.06. The number of carbonyl (C=O) groups is 1. The SMILES string of the molecule is C=C(C)C(=O)Nc1ccc2nc(C)ccc2c1. The largest absolute Gasteiger partial charge is 0.322 e. The first-order chi connectivity index (χ1) is 8.06. The number of rotatable bonds is 2. The van der Waals surface area contributed by atoms with Crippen LogP contribution in [0.3, 0.4) is 0 Å². The third-order valence-corrected chi connectivity index (χ3v) is 2.47. The normalized spacial score (nSPS) is 10.2. The Bertz CT molecular complexity index is 602. The van der Waals surface area contributed by atoms with Crippen LogP contribution in [0, 0.1) is 6.92 Å². The molecule has 0 saturated heterocycles. The van der Waals surface area contributed by atoms with Crippen LogP contribution < -0.4 is 5.32 Å². The molecule has 1 heterocycles. The lowest BCUT2D eigenvalue weighted by Crippen LogP contribution is -2.11. The highest BCUT2D eigenvalue weighted by Gasteiger charge is 2.03. The zero-order valence-corrected chi connectivity index (χ0v) is 9.95. The Labute approximate surface area is 100 Å². The van der Waals surface area contributed by atoms with Crippen molar-refractivity contribution in [3.05, 3.63) is 48.2 Å². The van der Waals surface area contributed by atoms with Crippen LogP contribution in [0.25, 0.3) is 10.9 Å². The van der Waals surface area contributed by atoms with Crippen molar-refractivity contribution in [2.75, 3.05) is 5.32 Å². The maximum Gasteiger partial charge on any atom is 0.250 e. The second-order valence-electron chi connectivity index (χ2n) is 4.09. The van der Waals surface area contributed by atoms with Crippen molar-refractivity contribution in [1.29, 1.82) is 0 Å². The molecule has 1 N–H and O–H groups in total. The van der Waals surface area contributed by atoms with Crippen molar-refractivity contribution in [1.82, 2.24) is 4.98 Å². The first-order valence-corrected chi connectivity index (χ1v) is 5.40. The molecule has 86 valence electrons. The minimum Gasteiger partial charge on any atom is -0.322 e. The average molecular weight is 226 g/mol. The number of carbonyl (C=O) groups excluding carboxylic acids is 1. The molecule has 1 aromatic carbocycles. The van der Waals surface area contributed by atoms with Gasteiger partial charge in [0, 0.05) is 22.3 Å². The average Bonchev–Trinajstić information content (AvgIpc) is 2.29. The molecule has 0 spiro atoms. The Balaban J connectivity index is 2.35. The van der Waals surface area contributed by atoms with Crippen LogP contribution in [0.5, 0.6) is 0 Å². The molecule has 17 heavy (non-hydrogen) atoms. The van der Waals surface area contributed by atoms with E-state index >= 15 is 0 Å². The molecule has 0 atom stereocenters. The van der Waals surface area contributed by atoms with Crippen molar-refractivity contribution in [3.63, 3.8) is 0 Å². The first-order valence-electron chi connectivity index (χ1n) is 5.40. The van der Waals surface area contributed by atoms with E-state index in [0.29, 0.717) is 5.57 Å². The Morgan fingerprint density at radius 3 is 2.76 bits per heavy atom. The van der Waals surface area contributed by atoms with Gasteiger partial charge in [0.15, 0.2) is 0 Å². The third kappa shape index (κ3) is 2.50. The van der Waals surface area contributed by atoms with Gasteiger partial charge < -0.3 is 5.32 Å². The Morgan fingerprint density at radius 1 is 1.29 bits per heavy atom. The lowest BCUT2D eigenvalue weighted by atomic mass is 10.2. The molecule has 0 saturated carbocycles. The van der Waals surface area contributed by atoms with Crippen molar-refractivity contribution < 1.29 is 4.79 Å². The number of amides is 1. The molecule has 3 heteroatoms. The number of hydrogen-bond acceptors (Lipinski definition) is 2. The standard InChI is InChI=1S/C14H14N2O/c1-9(2)14(17)16-12-6-7-13-11(8-12)5-4-10(3)15-13/h4-8H,1H2,2-3H3,(H,16,17). The molecule has 3 nitrogen and oxygen atoms in total. The van der Waals surface area contributed by atoms with Gasteiger partial charge in [-0.25, -0.2) is 0 Å². The van der Waals surface area contributed by atoms with Crippen LogP contribution in [0.1, 0.15) is 12.6 Å². The fraction of sp³-hybridized carbons (Fsp3) is 0.143. The van der Waals surface area contributed by atoms with Crippen LogP contribution in [0.4, 0.5) is 5.69 Å². The molecule has 0 radical (unpaired) electrons. The van der Waals surface area contributed by atoms with Gasteiger partial charge in [0.2, 0.25) is 0 Å². The van der Waals surface area contributed by atoms with Crippen molar-refractivity contribution in [3.8, 4) is 0 Å². The topological polar surface area (TPSA) is 42.0 Å². The number of nitrogens with zero attached hydrogens (tertiary/aromatic N) is 1. The smallest absolute Gasteiger partial charge is 0.250 e. The number of aromatic nitrogens is 1. The maximum atomic E-state index is 11.5. The molecule has 0 fully saturated rings. The van der Waals surface area contributed by atoms with E-state index in [-0.39, 0.29) is 5.91 Å². The minimum atomic E-state index is -0.163. The van der Waals surface area contributed by atoms with E-state index in [1.54, 1.807) is 6.92 Å². The molecule has 0 aliphatic heterocycles. The van der Waals surface area contributed by atoms with Crippen molar-refractivity contribution >= 4 is 22.5 Å². The lowest BCUT2D eigenvalue weighted by molar-refractivity contribution is -0.112. The van der Waals surface area contributed by atoms with Gasteiger partial charge in [-0.15, -0.1) is 0 Å². The molecule has 0 aliphatic rings. The van der Waals surface area contributed by atoms with E-state index in [4.69, 9.17) is 0 Å².